The highest BCUT2D eigenvalue weighted by atomic mass is 35.5. The van der Waals surface area contributed by atoms with Gasteiger partial charge in [-0.2, -0.15) is 0 Å². The summed E-state index contributed by atoms with van der Waals surface area (Å²) in [6.07, 6.45) is 0.827. The van der Waals surface area contributed by atoms with Gasteiger partial charge in [-0.15, -0.1) is 11.6 Å². The molecule has 0 bridgehead atoms. The van der Waals surface area contributed by atoms with E-state index < -0.39 is 11.6 Å². The number of aromatic nitrogens is 2. The number of imidazole rings is 1. The Kier molecular flexibility index (Phi) is 4.04. The number of alkyl halides is 1. The lowest BCUT2D eigenvalue weighted by molar-refractivity contribution is 0.216. The third-order valence-corrected chi connectivity index (χ3v) is 3.67. The highest BCUT2D eigenvalue weighted by Crippen LogP contribution is 2.36. The molecule has 0 saturated carbocycles. The molecule has 0 fully saturated rings. The minimum absolute atomic E-state index is 0.0650. The second kappa shape index (κ2) is 5.24. The normalized spacial score (nSPS) is 13.1. The predicted molar refractivity (Wildman–Crippen MR) is 82.6 cm³/mol. The first-order valence-electron chi connectivity index (χ1n) is 6.98. The summed E-state index contributed by atoms with van der Waals surface area (Å²) >= 11 is 5.97. The fraction of sp³-hybridized carbons (Fsp3) is 0.562. The number of nitrogens with zero attached hydrogens (tertiary/aromatic N) is 2. The summed E-state index contributed by atoms with van der Waals surface area (Å²) in [5.41, 5.74) is 0.346. The highest BCUT2D eigenvalue weighted by Gasteiger charge is 2.31. The molecule has 0 N–H and O–H groups in total. The Bertz CT molecular complexity index is 669. The molecule has 0 saturated heterocycles. The van der Waals surface area contributed by atoms with Gasteiger partial charge >= 0.3 is 0 Å². The van der Waals surface area contributed by atoms with Gasteiger partial charge in [0.1, 0.15) is 17.2 Å². The van der Waals surface area contributed by atoms with E-state index in [0.717, 1.165) is 12.5 Å². The van der Waals surface area contributed by atoms with E-state index >= 15 is 0 Å². The third kappa shape index (κ3) is 3.20. The molecule has 0 aliphatic heterocycles. The summed E-state index contributed by atoms with van der Waals surface area (Å²) in [5, 5.41) is 0. The first-order valence-corrected chi connectivity index (χ1v) is 7.51. The summed E-state index contributed by atoms with van der Waals surface area (Å²) in [6.45, 7) is 10.5. The minimum atomic E-state index is -0.651. The molecule has 116 valence electrons. The molecule has 21 heavy (non-hydrogen) atoms. The van der Waals surface area contributed by atoms with E-state index in [0.29, 0.717) is 11.3 Å². The number of benzene rings is 1. The Morgan fingerprint density at radius 3 is 2.29 bits per heavy atom. The van der Waals surface area contributed by atoms with Crippen molar-refractivity contribution in [1.29, 1.82) is 0 Å². The first kappa shape index (κ1) is 16.2. The van der Waals surface area contributed by atoms with E-state index in [-0.39, 0.29) is 22.4 Å². The van der Waals surface area contributed by atoms with E-state index in [1.165, 1.54) is 6.07 Å². The van der Waals surface area contributed by atoms with Crippen molar-refractivity contribution in [3.05, 3.63) is 29.6 Å². The Balaban J connectivity index is 2.72. The van der Waals surface area contributed by atoms with Crippen molar-refractivity contribution < 1.29 is 8.78 Å². The quantitative estimate of drug-likeness (QED) is 0.710. The fourth-order valence-electron chi connectivity index (χ4n) is 3.29. The maximum Gasteiger partial charge on any atom is 0.153 e. The van der Waals surface area contributed by atoms with Gasteiger partial charge in [0.15, 0.2) is 5.82 Å². The maximum absolute atomic E-state index is 13.9. The van der Waals surface area contributed by atoms with E-state index in [1.807, 2.05) is 18.4 Å². The van der Waals surface area contributed by atoms with E-state index in [1.54, 1.807) is 0 Å². The Morgan fingerprint density at radius 1 is 1.14 bits per heavy atom. The molecule has 2 nitrogen and oxygen atoms in total. The van der Waals surface area contributed by atoms with Crippen molar-refractivity contribution in [2.45, 2.75) is 52.5 Å². The van der Waals surface area contributed by atoms with Crippen molar-refractivity contribution >= 4 is 22.6 Å². The van der Waals surface area contributed by atoms with Crippen LogP contribution in [-0.2, 0) is 11.4 Å². The summed E-state index contributed by atoms with van der Waals surface area (Å²) < 4.78 is 29.4. The lowest BCUT2D eigenvalue weighted by Crippen LogP contribution is -2.32. The fourth-order valence-corrected chi connectivity index (χ4v) is 3.47. The Hall–Kier alpha value is -1.16. The lowest BCUT2D eigenvalue weighted by Gasteiger charge is -2.35. The molecule has 0 aliphatic carbocycles. The Morgan fingerprint density at radius 2 is 1.76 bits per heavy atom. The maximum atomic E-state index is 13.9. The van der Waals surface area contributed by atoms with Gasteiger partial charge < -0.3 is 4.57 Å². The molecular formula is C16H21ClF2N2. The summed E-state index contributed by atoms with van der Waals surface area (Å²) in [5.74, 6) is -0.538. The molecule has 2 rings (SSSR count). The summed E-state index contributed by atoms with van der Waals surface area (Å²) in [7, 11) is 0. The van der Waals surface area contributed by atoms with Crippen LogP contribution in [0.15, 0.2) is 12.1 Å². The Labute approximate surface area is 129 Å². The standard InChI is InChI=1S/C16H21ClF2N2/c1-15(2,3)9-16(4,5)21-12-7-10(18)6-11(19)14(12)20-13(21)8-17/h6-7H,8-9H2,1-5H3. The predicted octanol–water partition coefficient (Wildman–Crippen LogP) is 5.22. The van der Waals surface area contributed by atoms with Crippen LogP contribution in [0.3, 0.4) is 0 Å². The molecule has 0 aliphatic rings. The largest absolute Gasteiger partial charge is 0.321 e. The SMILES string of the molecule is CC(C)(C)CC(C)(C)n1c(CCl)nc2c(F)cc(F)cc21. The monoisotopic (exact) mass is 314 g/mol. The van der Waals surface area contributed by atoms with Crippen LogP contribution < -0.4 is 0 Å². The number of hydrogen-bond acceptors (Lipinski definition) is 1. The van der Waals surface area contributed by atoms with Gasteiger partial charge in [0.05, 0.1) is 11.4 Å². The van der Waals surface area contributed by atoms with Crippen LogP contribution in [0.4, 0.5) is 8.78 Å². The van der Waals surface area contributed by atoms with Crippen LogP contribution >= 0.6 is 11.6 Å². The zero-order valence-corrected chi connectivity index (χ0v) is 13.9. The molecule has 0 unspecified atom stereocenters. The van der Waals surface area contributed by atoms with Crippen LogP contribution in [0.1, 0.15) is 46.9 Å². The molecule has 5 heteroatoms. The molecule has 1 aromatic carbocycles. The molecule has 2 aromatic rings. The lowest BCUT2D eigenvalue weighted by atomic mass is 9.81. The van der Waals surface area contributed by atoms with E-state index in [9.17, 15) is 8.78 Å². The summed E-state index contributed by atoms with van der Waals surface area (Å²) in [6, 6.07) is 2.18. The van der Waals surface area contributed by atoms with Gasteiger partial charge in [0.25, 0.3) is 0 Å². The number of fused-ring (bicyclic) bond motifs is 1. The minimum Gasteiger partial charge on any atom is -0.321 e. The third-order valence-electron chi connectivity index (χ3n) is 3.44. The smallest absolute Gasteiger partial charge is 0.153 e. The van der Waals surface area contributed by atoms with E-state index in [2.05, 4.69) is 25.8 Å². The van der Waals surface area contributed by atoms with E-state index in [4.69, 9.17) is 11.6 Å². The van der Waals surface area contributed by atoms with Gasteiger partial charge in [-0.1, -0.05) is 20.8 Å². The number of hydrogen-bond donors (Lipinski definition) is 0. The van der Waals surface area contributed by atoms with Gasteiger partial charge in [0, 0.05) is 11.6 Å². The summed E-state index contributed by atoms with van der Waals surface area (Å²) in [4.78, 5) is 4.26. The van der Waals surface area contributed by atoms with Crippen molar-refractivity contribution in [3.63, 3.8) is 0 Å². The first-order chi connectivity index (χ1) is 9.55. The van der Waals surface area contributed by atoms with Crippen molar-refractivity contribution in [2.24, 2.45) is 5.41 Å². The molecule has 0 spiro atoms. The van der Waals surface area contributed by atoms with Crippen LogP contribution in [-0.4, -0.2) is 9.55 Å². The second-order valence-corrected chi connectivity index (χ2v) is 7.57. The molecular weight excluding hydrogens is 294 g/mol. The average Bonchev–Trinajstić information content (AvgIpc) is 2.64. The van der Waals surface area contributed by atoms with Crippen LogP contribution in [0.5, 0.6) is 0 Å². The number of halogens is 3. The molecule has 0 atom stereocenters. The van der Waals surface area contributed by atoms with Gasteiger partial charge in [-0.3, -0.25) is 0 Å². The van der Waals surface area contributed by atoms with Crippen molar-refractivity contribution in [3.8, 4) is 0 Å². The molecule has 0 amide bonds. The molecule has 1 heterocycles. The van der Waals surface area contributed by atoms with Crippen LogP contribution in [0.25, 0.3) is 11.0 Å². The van der Waals surface area contributed by atoms with Gasteiger partial charge in [0.2, 0.25) is 0 Å². The topological polar surface area (TPSA) is 17.8 Å². The van der Waals surface area contributed by atoms with Crippen molar-refractivity contribution in [1.82, 2.24) is 9.55 Å². The van der Waals surface area contributed by atoms with Crippen LogP contribution in [0, 0.1) is 17.0 Å². The number of rotatable bonds is 3. The van der Waals surface area contributed by atoms with Crippen molar-refractivity contribution in [2.75, 3.05) is 0 Å². The van der Waals surface area contributed by atoms with Crippen LogP contribution in [0.2, 0.25) is 0 Å². The van der Waals surface area contributed by atoms with Gasteiger partial charge in [-0.25, -0.2) is 13.8 Å². The average molecular weight is 315 g/mol. The second-order valence-electron chi connectivity index (χ2n) is 7.30. The highest BCUT2D eigenvalue weighted by molar-refractivity contribution is 6.16. The van der Waals surface area contributed by atoms with Gasteiger partial charge in [-0.05, 0) is 31.7 Å². The molecule has 1 aromatic heterocycles. The molecule has 0 radical (unpaired) electrons. The zero-order chi connectivity index (χ0) is 16.0. The zero-order valence-electron chi connectivity index (χ0n) is 13.1.